The lowest BCUT2D eigenvalue weighted by molar-refractivity contribution is -0.757. The number of allylic oxidation sites excluding steroid dienone is 2. The number of aliphatic hydroxyl groups is 2. The van der Waals surface area contributed by atoms with E-state index in [0.717, 1.165) is 5.57 Å². The summed E-state index contributed by atoms with van der Waals surface area (Å²) in [5, 5.41) is 34.6. The van der Waals surface area contributed by atoms with E-state index < -0.39 is 53.0 Å². The highest BCUT2D eigenvalue weighted by molar-refractivity contribution is 5.91. The van der Waals surface area contributed by atoms with Crippen LogP contribution in [0.4, 0.5) is 0 Å². The van der Waals surface area contributed by atoms with Gasteiger partial charge in [-0.2, -0.15) is 0 Å². The van der Waals surface area contributed by atoms with Gasteiger partial charge in [0.05, 0.1) is 12.7 Å². The van der Waals surface area contributed by atoms with Crippen LogP contribution in [0.5, 0.6) is 0 Å². The van der Waals surface area contributed by atoms with E-state index in [2.05, 4.69) is 23.2 Å². The molecular formula is C27H38N2O10. The van der Waals surface area contributed by atoms with Crippen molar-refractivity contribution >= 4 is 23.4 Å². The number of amides is 1. The molecule has 4 rings (SSSR count). The van der Waals surface area contributed by atoms with Crippen LogP contribution in [-0.4, -0.2) is 70.2 Å². The number of fused-ring (bicyclic) bond motifs is 5. The second-order valence-corrected chi connectivity index (χ2v) is 12.0. The lowest BCUT2D eigenvalue weighted by atomic mass is 9.46. The largest absolute Gasteiger partial charge is 0.456 e. The van der Waals surface area contributed by atoms with Crippen LogP contribution in [0.2, 0.25) is 0 Å². The molecule has 3 saturated carbocycles. The zero-order valence-electron chi connectivity index (χ0n) is 22.5. The summed E-state index contributed by atoms with van der Waals surface area (Å²) in [6.07, 6.45) is 4.76. The Kier molecular flexibility index (Phi) is 8.18. The Bertz CT molecular complexity index is 1070. The SMILES string of the molecule is C[C@]12CCC(=O)CC1=CC[C@@H]1[C@@H]2[C@@H](O)C[C@@]2(C)[C@H]1CC[C@]2(O)C(=O)COC(=O)CNC(=O)CCCO[N+](=O)[O-]. The fourth-order valence-electron chi connectivity index (χ4n) is 8.02. The van der Waals surface area contributed by atoms with E-state index in [1.165, 1.54) is 0 Å². The van der Waals surface area contributed by atoms with Crippen LogP contribution >= 0.6 is 0 Å². The first-order valence-corrected chi connectivity index (χ1v) is 13.7. The van der Waals surface area contributed by atoms with Crippen LogP contribution in [0.3, 0.4) is 0 Å². The van der Waals surface area contributed by atoms with Gasteiger partial charge in [0.15, 0.2) is 6.61 Å². The molecule has 0 saturated heterocycles. The Hall–Kier alpha value is -2.86. The molecule has 0 aromatic heterocycles. The van der Waals surface area contributed by atoms with Gasteiger partial charge in [0.1, 0.15) is 17.9 Å². The second kappa shape index (κ2) is 11.0. The van der Waals surface area contributed by atoms with E-state index in [-0.39, 0.29) is 61.2 Å². The molecular weight excluding hydrogens is 512 g/mol. The van der Waals surface area contributed by atoms with Crippen molar-refractivity contribution in [2.75, 3.05) is 19.8 Å². The minimum absolute atomic E-state index is 0.0126. The molecule has 4 aliphatic carbocycles. The van der Waals surface area contributed by atoms with Crippen LogP contribution in [0.25, 0.3) is 0 Å². The topological polar surface area (TPSA) is 182 Å². The van der Waals surface area contributed by atoms with Crippen LogP contribution in [0.1, 0.15) is 71.6 Å². The normalized spacial score (nSPS) is 37.0. The summed E-state index contributed by atoms with van der Waals surface area (Å²) < 4.78 is 5.06. The maximum absolute atomic E-state index is 13.3. The number of nitrogens with one attached hydrogen (secondary N) is 1. The lowest BCUT2D eigenvalue weighted by Crippen LogP contribution is -2.62. The highest BCUT2D eigenvalue weighted by Gasteiger charge is 2.68. The highest BCUT2D eigenvalue weighted by Crippen LogP contribution is 2.67. The summed E-state index contributed by atoms with van der Waals surface area (Å²) >= 11 is 0. The zero-order valence-corrected chi connectivity index (χ0v) is 22.5. The minimum atomic E-state index is -1.77. The Morgan fingerprint density at radius 3 is 2.72 bits per heavy atom. The third kappa shape index (κ3) is 5.32. The van der Waals surface area contributed by atoms with Gasteiger partial charge in [-0.25, -0.2) is 0 Å². The molecule has 12 heteroatoms. The number of hydrogen-bond donors (Lipinski definition) is 3. The second-order valence-electron chi connectivity index (χ2n) is 12.0. The van der Waals surface area contributed by atoms with E-state index >= 15 is 0 Å². The van der Waals surface area contributed by atoms with Crippen molar-refractivity contribution in [1.29, 1.82) is 0 Å². The molecule has 7 atom stereocenters. The van der Waals surface area contributed by atoms with Gasteiger partial charge in [0.2, 0.25) is 11.7 Å². The fraction of sp³-hybridized carbons (Fsp3) is 0.778. The van der Waals surface area contributed by atoms with Gasteiger partial charge in [-0.1, -0.05) is 25.5 Å². The average Bonchev–Trinajstić information content (AvgIpc) is 3.14. The molecule has 0 bridgehead atoms. The quantitative estimate of drug-likeness (QED) is 0.118. The summed E-state index contributed by atoms with van der Waals surface area (Å²) in [5.41, 5.74) is -1.83. The van der Waals surface area contributed by atoms with Crippen LogP contribution in [0.15, 0.2) is 11.6 Å². The lowest BCUT2D eigenvalue weighted by Gasteiger charge is -2.59. The van der Waals surface area contributed by atoms with E-state index in [4.69, 9.17) is 4.74 Å². The Morgan fingerprint density at radius 2 is 2.00 bits per heavy atom. The number of aliphatic hydroxyl groups excluding tert-OH is 1. The molecule has 1 amide bonds. The third-order valence-corrected chi connectivity index (χ3v) is 10.0. The van der Waals surface area contributed by atoms with Crippen LogP contribution in [0, 0.1) is 38.7 Å². The maximum Gasteiger partial charge on any atom is 0.325 e. The van der Waals surface area contributed by atoms with Crippen molar-refractivity contribution in [3.05, 3.63) is 21.8 Å². The Balaban J connectivity index is 1.35. The maximum atomic E-state index is 13.3. The van der Waals surface area contributed by atoms with Gasteiger partial charge in [-0.3, -0.25) is 19.2 Å². The molecule has 216 valence electrons. The van der Waals surface area contributed by atoms with Gasteiger partial charge in [-0.15, -0.1) is 10.1 Å². The van der Waals surface area contributed by atoms with Crippen molar-refractivity contribution in [2.45, 2.75) is 83.3 Å². The summed E-state index contributed by atoms with van der Waals surface area (Å²) in [5.74, 6) is -1.77. The van der Waals surface area contributed by atoms with E-state index in [1.807, 2.05) is 6.92 Å². The van der Waals surface area contributed by atoms with Crippen molar-refractivity contribution in [3.8, 4) is 0 Å². The smallest absolute Gasteiger partial charge is 0.325 e. The van der Waals surface area contributed by atoms with E-state index in [1.54, 1.807) is 0 Å². The number of rotatable bonds is 10. The average molecular weight is 551 g/mol. The van der Waals surface area contributed by atoms with E-state index in [9.17, 15) is 39.5 Å². The predicted molar refractivity (Wildman–Crippen MR) is 134 cm³/mol. The van der Waals surface area contributed by atoms with Crippen molar-refractivity contribution in [1.82, 2.24) is 5.32 Å². The number of Topliss-reactive ketones (excluding diaryl/α,β-unsaturated/α-hetero) is 2. The number of esters is 1. The predicted octanol–water partition coefficient (Wildman–Crippen LogP) is 1.44. The summed E-state index contributed by atoms with van der Waals surface area (Å²) in [6.45, 7) is 2.60. The number of hydrogen-bond acceptors (Lipinski definition) is 10. The highest BCUT2D eigenvalue weighted by atomic mass is 16.9. The van der Waals surface area contributed by atoms with Gasteiger partial charge in [-0.05, 0) is 61.7 Å². The van der Waals surface area contributed by atoms with Crippen molar-refractivity contribution in [2.24, 2.45) is 28.6 Å². The molecule has 12 nitrogen and oxygen atoms in total. The summed E-state index contributed by atoms with van der Waals surface area (Å²) in [6, 6.07) is 0. The third-order valence-electron chi connectivity index (χ3n) is 10.0. The first kappa shape index (κ1) is 29.1. The number of nitrogens with zero attached hydrogens (tertiary/aromatic N) is 1. The number of carbonyl (C=O) groups is 4. The summed E-state index contributed by atoms with van der Waals surface area (Å²) in [7, 11) is 0. The molecule has 3 fully saturated rings. The molecule has 0 spiro atoms. The summed E-state index contributed by atoms with van der Waals surface area (Å²) in [4.78, 5) is 63.5. The Labute approximate surface area is 226 Å². The van der Waals surface area contributed by atoms with E-state index in [0.29, 0.717) is 32.1 Å². The number of ether oxygens (including phenoxy) is 1. The molecule has 0 unspecified atom stereocenters. The van der Waals surface area contributed by atoms with Crippen molar-refractivity contribution < 1.29 is 44.1 Å². The molecule has 3 N–H and O–H groups in total. The monoisotopic (exact) mass is 550 g/mol. The fourth-order valence-corrected chi connectivity index (χ4v) is 8.02. The number of ketones is 2. The number of carbonyl (C=O) groups excluding carboxylic acids is 4. The molecule has 0 radical (unpaired) electrons. The van der Waals surface area contributed by atoms with Gasteiger partial charge in [0.25, 0.3) is 5.09 Å². The molecule has 0 heterocycles. The molecule has 0 aromatic rings. The van der Waals surface area contributed by atoms with Crippen LogP contribution < -0.4 is 5.32 Å². The van der Waals surface area contributed by atoms with Crippen LogP contribution in [-0.2, 0) is 28.8 Å². The van der Waals surface area contributed by atoms with Gasteiger partial charge >= 0.3 is 5.97 Å². The minimum Gasteiger partial charge on any atom is -0.456 e. The Morgan fingerprint density at radius 1 is 1.26 bits per heavy atom. The van der Waals surface area contributed by atoms with Gasteiger partial charge < -0.3 is 25.1 Å². The molecule has 4 aliphatic rings. The van der Waals surface area contributed by atoms with Crippen molar-refractivity contribution in [3.63, 3.8) is 0 Å². The molecule has 0 aliphatic heterocycles. The van der Waals surface area contributed by atoms with Gasteiger partial charge in [0, 0.05) is 24.7 Å². The molecule has 0 aromatic carbocycles. The standard InChI is InChI=1S/C27H38N2O10/c1-25-9-7-17(30)12-16(25)5-6-18-19-8-10-27(35,26(19,2)13-20(31)24(18)25)21(32)15-38-23(34)14-28-22(33)4-3-11-39-29(36)37/h5,18-20,24,31,35H,3-4,6-15H2,1-2H3,(H,28,33)/t18-,19-,20-,24+,25-,26-,27-/m0/s1. The first-order valence-electron chi connectivity index (χ1n) is 13.7. The molecule has 39 heavy (non-hydrogen) atoms. The first-order chi connectivity index (χ1) is 18.3. The zero-order chi connectivity index (χ0) is 28.6.